The molecule has 1 heterocycles. The van der Waals surface area contributed by atoms with Crippen molar-refractivity contribution in [2.24, 2.45) is 4.99 Å². The molecule has 30 heavy (non-hydrogen) atoms. The van der Waals surface area contributed by atoms with Crippen molar-refractivity contribution in [2.75, 3.05) is 20.8 Å². The monoisotopic (exact) mass is 445 g/mol. The van der Waals surface area contributed by atoms with E-state index in [0.29, 0.717) is 37.7 Å². The molecule has 1 N–H and O–H groups in total. The molecule has 3 rings (SSSR count). The fourth-order valence-corrected chi connectivity index (χ4v) is 4.03. The number of hydrogen-bond donors (Lipinski definition) is 1. The fraction of sp³-hybridized carbons (Fsp3) is 0.182. The van der Waals surface area contributed by atoms with Crippen molar-refractivity contribution in [1.29, 1.82) is 0 Å². The maximum absolute atomic E-state index is 12.5. The van der Waals surface area contributed by atoms with Gasteiger partial charge in [0.1, 0.15) is 16.4 Å². The number of esters is 1. The van der Waals surface area contributed by atoms with Crippen LogP contribution in [0.4, 0.5) is 5.69 Å². The molecule has 0 fully saturated rings. The minimum atomic E-state index is -0.649. The molecule has 6 nitrogen and oxygen atoms in total. The predicted molar refractivity (Wildman–Crippen MR) is 120 cm³/mol. The van der Waals surface area contributed by atoms with Crippen LogP contribution in [0.3, 0.4) is 0 Å². The van der Waals surface area contributed by atoms with Crippen LogP contribution in [0, 0.1) is 0 Å². The standard InChI is InChI=1S/C22H20ClNO5S/c1-4-29-22(26)18-19(25)17(11-13-7-5-10-16(27-2)20(13)28-3)30-21(18)24-15-9-6-8-14(23)12-15/h5-12,25H,4H2,1-3H3. The smallest absolute Gasteiger partial charge is 0.344 e. The average molecular weight is 446 g/mol. The van der Waals surface area contributed by atoms with Crippen LogP contribution in [-0.4, -0.2) is 36.9 Å². The Morgan fingerprint density at radius 2 is 1.97 bits per heavy atom. The van der Waals surface area contributed by atoms with Crippen LogP contribution in [0.1, 0.15) is 12.5 Å². The van der Waals surface area contributed by atoms with E-state index in [1.54, 1.807) is 56.5 Å². The van der Waals surface area contributed by atoms with Crippen molar-refractivity contribution in [3.63, 3.8) is 0 Å². The molecule has 0 saturated heterocycles. The van der Waals surface area contributed by atoms with Crippen molar-refractivity contribution < 1.29 is 24.1 Å². The van der Waals surface area contributed by atoms with Crippen molar-refractivity contribution in [3.05, 3.63) is 69.3 Å². The summed E-state index contributed by atoms with van der Waals surface area (Å²) in [6, 6.07) is 12.3. The lowest BCUT2D eigenvalue weighted by atomic mass is 10.1. The summed E-state index contributed by atoms with van der Waals surface area (Å²) >= 11 is 7.20. The second-order valence-electron chi connectivity index (χ2n) is 6.03. The van der Waals surface area contributed by atoms with Crippen LogP contribution in [0.25, 0.3) is 6.08 Å². The topological polar surface area (TPSA) is 77.4 Å². The van der Waals surface area contributed by atoms with Gasteiger partial charge in [0.15, 0.2) is 11.5 Å². The van der Waals surface area contributed by atoms with E-state index in [1.165, 1.54) is 7.11 Å². The van der Waals surface area contributed by atoms with Gasteiger partial charge in [-0.3, -0.25) is 0 Å². The fourth-order valence-electron chi connectivity index (χ4n) is 2.82. The Kier molecular flexibility index (Phi) is 7.07. The number of aliphatic imine (C=N–C) groups is 1. The van der Waals surface area contributed by atoms with Gasteiger partial charge in [-0.05, 0) is 37.3 Å². The second kappa shape index (κ2) is 9.73. The molecule has 0 aromatic heterocycles. The molecule has 0 aliphatic carbocycles. The highest BCUT2D eigenvalue weighted by atomic mass is 35.5. The Bertz CT molecular complexity index is 1060. The zero-order chi connectivity index (χ0) is 21.7. The lowest BCUT2D eigenvalue weighted by molar-refractivity contribution is -0.138. The molecule has 2 aromatic carbocycles. The quantitative estimate of drug-likeness (QED) is 0.587. The number of methoxy groups -OCH3 is 2. The van der Waals surface area contributed by atoms with Gasteiger partial charge in [0.05, 0.1) is 31.4 Å². The van der Waals surface area contributed by atoms with E-state index in [4.69, 9.17) is 25.8 Å². The molecule has 2 aromatic rings. The van der Waals surface area contributed by atoms with Crippen LogP contribution in [0.2, 0.25) is 5.02 Å². The van der Waals surface area contributed by atoms with Gasteiger partial charge in [0.2, 0.25) is 0 Å². The highest BCUT2D eigenvalue weighted by Crippen LogP contribution is 2.42. The first-order valence-corrected chi connectivity index (χ1v) is 10.2. The largest absolute Gasteiger partial charge is 0.506 e. The molecule has 0 spiro atoms. The summed E-state index contributed by atoms with van der Waals surface area (Å²) < 4.78 is 15.9. The Morgan fingerprint density at radius 1 is 1.20 bits per heavy atom. The molecule has 1 aliphatic rings. The highest BCUT2D eigenvalue weighted by molar-refractivity contribution is 8.18. The number of aliphatic hydroxyl groups is 1. The summed E-state index contributed by atoms with van der Waals surface area (Å²) in [5.41, 5.74) is 1.24. The first-order valence-electron chi connectivity index (χ1n) is 9.04. The first kappa shape index (κ1) is 21.8. The van der Waals surface area contributed by atoms with Gasteiger partial charge < -0.3 is 19.3 Å². The summed E-state index contributed by atoms with van der Waals surface area (Å²) in [6.45, 7) is 1.87. The Labute approximate surface area is 183 Å². The summed E-state index contributed by atoms with van der Waals surface area (Å²) in [7, 11) is 3.08. The van der Waals surface area contributed by atoms with Crippen molar-refractivity contribution in [2.45, 2.75) is 6.92 Å². The third-order valence-electron chi connectivity index (χ3n) is 4.13. The number of carbonyl (C=O) groups excluding carboxylic acids is 1. The Balaban J connectivity index is 2.10. The van der Waals surface area contributed by atoms with Crippen LogP contribution in [0.5, 0.6) is 11.5 Å². The van der Waals surface area contributed by atoms with E-state index in [0.717, 1.165) is 11.8 Å². The number of rotatable bonds is 6. The van der Waals surface area contributed by atoms with E-state index in [2.05, 4.69) is 4.99 Å². The normalized spacial score (nSPS) is 16.3. The van der Waals surface area contributed by atoms with E-state index in [1.807, 2.05) is 6.07 Å². The number of halogens is 1. The number of carbonyl (C=O) groups is 1. The number of ether oxygens (including phenoxy) is 3. The van der Waals surface area contributed by atoms with E-state index < -0.39 is 5.97 Å². The number of benzene rings is 2. The summed E-state index contributed by atoms with van der Waals surface area (Å²) in [5, 5.41) is 11.6. The molecule has 0 bridgehead atoms. The number of thioether (sulfide) groups is 1. The molecule has 1 aliphatic heterocycles. The summed E-state index contributed by atoms with van der Waals surface area (Å²) in [6.07, 6.45) is 1.71. The summed E-state index contributed by atoms with van der Waals surface area (Å²) in [5.74, 6) is 0.212. The van der Waals surface area contributed by atoms with Crippen LogP contribution >= 0.6 is 23.4 Å². The van der Waals surface area contributed by atoms with Crippen LogP contribution in [-0.2, 0) is 9.53 Å². The third kappa shape index (κ3) is 4.63. The zero-order valence-electron chi connectivity index (χ0n) is 16.6. The lowest BCUT2D eigenvalue weighted by Gasteiger charge is -2.10. The van der Waals surface area contributed by atoms with Crippen molar-refractivity contribution in [3.8, 4) is 11.5 Å². The Morgan fingerprint density at radius 3 is 2.63 bits per heavy atom. The van der Waals surface area contributed by atoms with Gasteiger partial charge >= 0.3 is 5.97 Å². The maximum Gasteiger partial charge on any atom is 0.344 e. The molecule has 0 radical (unpaired) electrons. The second-order valence-corrected chi connectivity index (χ2v) is 7.50. The van der Waals surface area contributed by atoms with E-state index in [9.17, 15) is 9.90 Å². The average Bonchev–Trinajstić information content (AvgIpc) is 3.02. The van der Waals surface area contributed by atoms with Crippen LogP contribution in [0.15, 0.2) is 63.7 Å². The van der Waals surface area contributed by atoms with Gasteiger partial charge in [0, 0.05) is 10.6 Å². The zero-order valence-corrected chi connectivity index (χ0v) is 18.2. The number of hydrogen-bond acceptors (Lipinski definition) is 7. The van der Waals surface area contributed by atoms with Crippen LogP contribution < -0.4 is 9.47 Å². The first-order chi connectivity index (χ1) is 14.5. The van der Waals surface area contributed by atoms with Crippen molar-refractivity contribution in [1.82, 2.24) is 0 Å². The van der Waals surface area contributed by atoms with Gasteiger partial charge in [-0.25, -0.2) is 9.79 Å². The van der Waals surface area contributed by atoms with Crippen molar-refractivity contribution >= 4 is 46.1 Å². The molecular formula is C22H20ClNO5S. The minimum absolute atomic E-state index is 0.00920. The maximum atomic E-state index is 12.5. The highest BCUT2D eigenvalue weighted by Gasteiger charge is 2.33. The molecule has 0 unspecified atom stereocenters. The molecule has 8 heteroatoms. The minimum Gasteiger partial charge on any atom is -0.506 e. The molecule has 0 amide bonds. The van der Waals surface area contributed by atoms with E-state index in [-0.39, 0.29) is 17.9 Å². The van der Waals surface area contributed by atoms with Gasteiger partial charge in [-0.1, -0.05) is 41.6 Å². The molecular weight excluding hydrogens is 426 g/mol. The third-order valence-corrected chi connectivity index (χ3v) is 5.38. The SMILES string of the molecule is CCOC(=O)C1=C(O)C(=Cc2cccc(OC)c2OC)SC1=Nc1cccc(Cl)c1. The van der Waals surface area contributed by atoms with Gasteiger partial charge in [-0.2, -0.15) is 0 Å². The number of aliphatic hydroxyl groups excluding tert-OH is 1. The summed E-state index contributed by atoms with van der Waals surface area (Å²) in [4.78, 5) is 17.5. The Hall–Kier alpha value is -2.90. The van der Waals surface area contributed by atoms with Gasteiger partial charge in [0.25, 0.3) is 0 Å². The number of nitrogens with zero attached hydrogens (tertiary/aromatic N) is 1. The van der Waals surface area contributed by atoms with Gasteiger partial charge in [-0.15, -0.1) is 0 Å². The number of para-hydroxylation sites is 1. The van der Waals surface area contributed by atoms with E-state index >= 15 is 0 Å². The molecule has 0 saturated carbocycles. The predicted octanol–water partition coefficient (Wildman–Crippen LogP) is 5.55. The molecule has 156 valence electrons. The molecule has 0 atom stereocenters. The lowest BCUT2D eigenvalue weighted by Crippen LogP contribution is -2.12.